The minimum Gasteiger partial charge on any atom is -0.465 e. The van der Waals surface area contributed by atoms with Crippen molar-refractivity contribution >= 4 is 23.3 Å². The monoisotopic (exact) mass is 295 g/mol. The number of carbonyl (C=O) groups excluding carboxylic acids is 1. The lowest BCUT2D eigenvalue weighted by Crippen LogP contribution is -2.24. The van der Waals surface area contributed by atoms with Crippen LogP contribution in [0.3, 0.4) is 0 Å². The fourth-order valence-electron chi connectivity index (χ4n) is 3.21. The van der Waals surface area contributed by atoms with Crippen LogP contribution >= 0.6 is 11.6 Å². The summed E-state index contributed by atoms with van der Waals surface area (Å²) in [4.78, 5) is 11.8. The van der Waals surface area contributed by atoms with Gasteiger partial charge in [-0.25, -0.2) is 4.79 Å². The van der Waals surface area contributed by atoms with E-state index < -0.39 is 0 Å². The summed E-state index contributed by atoms with van der Waals surface area (Å²) in [5.74, 6) is 0.214. The molecule has 2 atom stereocenters. The van der Waals surface area contributed by atoms with Crippen LogP contribution in [0.25, 0.3) is 0 Å². The Morgan fingerprint density at radius 2 is 2.10 bits per heavy atom. The second-order valence-corrected chi connectivity index (χ2v) is 6.92. The molecule has 1 N–H and O–H groups in total. The molecule has 3 nitrogen and oxygen atoms in total. The topological polar surface area (TPSA) is 38.3 Å². The highest BCUT2D eigenvalue weighted by Crippen LogP contribution is 2.42. The highest BCUT2D eigenvalue weighted by Gasteiger charge is 2.36. The molecule has 0 heterocycles. The number of hydrogen-bond donors (Lipinski definition) is 1. The molecule has 1 aliphatic carbocycles. The highest BCUT2D eigenvalue weighted by molar-refractivity contribution is 6.31. The van der Waals surface area contributed by atoms with Gasteiger partial charge in [0.1, 0.15) is 0 Å². The van der Waals surface area contributed by atoms with E-state index in [-0.39, 0.29) is 5.97 Å². The maximum absolute atomic E-state index is 11.8. The number of hydrogen-bond acceptors (Lipinski definition) is 3. The van der Waals surface area contributed by atoms with E-state index in [4.69, 9.17) is 16.3 Å². The van der Waals surface area contributed by atoms with E-state index in [1.165, 1.54) is 13.5 Å². The van der Waals surface area contributed by atoms with Gasteiger partial charge < -0.3 is 10.1 Å². The van der Waals surface area contributed by atoms with Gasteiger partial charge in [-0.2, -0.15) is 0 Å². The molecule has 2 unspecified atom stereocenters. The molecule has 0 saturated heterocycles. The standard InChI is InChI=1S/C16H22ClNO2/c1-10-8-16(2,3)9-14(10)18-13-6-5-11(17)7-12(13)15(19)20-4/h5-7,10,14,18H,8-9H2,1-4H3. The van der Waals surface area contributed by atoms with E-state index >= 15 is 0 Å². The summed E-state index contributed by atoms with van der Waals surface area (Å²) in [7, 11) is 1.38. The molecule has 0 radical (unpaired) electrons. The summed E-state index contributed by atoms with van der Waals surface area (Å²) in [5, 5.41) is 4.04. The largest absolute Gasteiger partial charge is 0.465 e. The van der Waals surface area contributed by atoms with Crippen LogP contribution in [0.5, 0.6) is 0 Å². The Labute approximate surface area is 125 Å². The van der Waals surface area contributed by atoms with Gasteiger partial charge in [0.05, 0.1) is 12.7 Å². The summed E-state index contributed by atoms with van der Waals surface area (Å²) in [6.45, 7) is 6.82. The van der Waals surface area contributed by atoms with Crippen LogP contribution in [0.4, 0.5) is 5.69 Å². The predicted octanol–water partition coefficient (Wildman–Crippen LogP) is 4.36. The summed E-state index contributed by atoms with van der Waals surface area (Å²) < 4.78 is 4.83. The van der Waals surface area contributed by atoms with E-state index in [0.717, 1.165) is 12.1 Å². The zero-order valence-corrected chi connectivity index (χ0v) is 13.3. The fourth-order valence-corrected chi connectivity index (χ4v) is 3.38. The van der Waals surface area contributed by atoms with Crippen molar-refractivity contribution in [3.8, 4) is 0 Å². The molecular formula is C16H22ClNO2. The minimum atomic E-state index is -0.361. The molecule has 110 valence electrons. The van der Waals surface area contributed by atoms with Crippen molar-refractivity contribution in [2.75, 3.05) is 12.4 Å². The summed E-state index contributed by atoms with van der Waals surface area (Å²) >= 11 is 5.97. The van der Waals surface area contributed by atoms with Gasteiger partial charge in [0, 0.05) is 16.8 Å². The number of carbonyl (C=O) groups is 1. The molecular weight excluding hydrogens is 274 g/mol. The summed E-state index contributed by atoms with van der Waals surface area (Å²) in [6, 6.07) is 5.67. The lowest BCUT2D eigenvalue weighted by Gasteiger charge is -2.21. The van der Waals surface area contributed by atoms with Crippen LogP contribution in [0.2, 0.25) is 5.02 Å². The molecule has 0 amide bonds. The van der Waals surface area contributed by atoms with Gasteiger partial charge in [-0.15, -0.1) is 0 Å². The van der Waals surface area contributed by atoms with E-state index in [1.807, 2.05) is 6.07 Å². The highest BCUT2D eigenvalue weighted by atomic mass is 35.5. The van der Waals surface area contributed by atoms with Crippen LogP contribution in [0.1, 0.15) is 44.0 Å². The smallest absolute Gasteiger partial charge is 0.340 e. The van der Waals surface area contributed by atoms with Crippen LogP contribution in [-0.4, -0.2) is 19.1 Å². The summed E-state index contributed by atoms with van der Waals surface area (Å²) in [5.41, 5.74) is 1.64. The number of methoxy groups -OCH3 is 1. The Bertz CT molecular complexity index is 513. The van der Waals surface area contributed by atoms with Gasteiger partial charge >= 0.3 is 5.97 Å². The maximum Gasteiger partial charge on any atom is 0.340 e. The molecule has 4 heteroatoms. The van der Waals surface area contributed by atoms with E-state index in [2.05, 4.69) is 26.1 Å². The summed E-state index contributed by atoms with van der Waals surface area (Å²) in [6.07, 6.45) is 2.28. The van der Waals surface area contributed by atoms with Crippen molar-refractivity contribution in [3.05, 3.63) is 28.8 Å². The number of nitrogens with one attached hydrogen (secondary N) is 1. The average Bonchev–Trinajstić information content (AvgIpc) is 2.63. The SMILES string of the molecule is COC(=O)c1cc(Cl)ccc1NC1CC(C)(C)CC1C. The molecule has 20 heavy (non-hydrogen) atoms. The van der Waals surface area contributed by atoms with Crippen LogP contribution in [0.15, 0.2) is 18.2 Å². The fraction of sp³-hybridized carbons (Fsp3) is 0.562. The van der Waals surface area contributed by atoms with E-state index in [0.29, 0.717) is 28.0 Å². The Morgan fingerprint density at radius 1 is 1.40 bits per heavy atom. The first kappa shape index (κ1) is 15.2. The zero-order valence-electron chi connectivity index (χ0n) is 12.5. The van der Waals surface area contributed by atoms with Gasteiger partial charge in [0.2, 0.25) is 0 Å². The second kappa shape index (κ2) is 5.65. The van der Waals surface area contributed by atoms with Crippen LogP contribution < -0.4 is 5.32 Å². The van der Waals surface area contributed by atoms with Gasteiger partial charge in [-0.3, -0.25) is 0 Å². The molecule has 0 aliphatic heterocycles. The van der Waals surface area contributed by atoms with Crippen molar-refractivity contribution in [2.24, 2.45) is 11.3 Å². The first-order chi connectivity index (χ1) is 9.32. The predicted molar refractivity (Wildman–Crippen MR) is 82.4 cm³/mol. The van der Waals surface area contributed by atoms with Crippen molar-refractivity contribution in [3.63, 3.8) is 0 Å². The molecule has 1 aromatic rings. The Balaban J connectivity index is 2.23. The molecule has 1 aromatic carbocycles. The third kappa shape index (κ3) is 3.26. The third-order valence-electron chi connectivity index (χ3n) is 4.06. The number of benzene rings is 1. The van der Waals surface area contributed by atoms with Gasteiger partial charge in [-0.05, 0) is 42.4 Å². The third-order valence-corrected chi connectivity index (χ3v) is 4.30. The van der Waals surface area contributed by atoms with E-state index in [1.54, 1.807) is 12.1 Å². The molecule has 0 aromatic heterocycles. The first-order valence-corrected chi connectivity index (χ1v) is 7.34. The van der Waals surface area contributed by atoms with Crippen LogP contribution in [0, 0.1) is 11.3 Å². The maximum atomic E-state index is 11.8. The molecule has 1 fully saturated rings. The lowest BCUT2D eigenvalue weighted by molar-refractivity contribution is 0.0601. The number of anilines is 1. The van der Waals surface area contributed by atoms with Gasteiger partial charge in [0.15, 0.2) is 0 Å². The molecule has 1 aliphatic rings. The molecule has 2 rings (SSSR count). The normalized spacial score (nSPS) is 24.4. The van der Waals surface area contributed by atoms with Crippen molar-refractivity contribution in [2.45, 2.75) is 39.7 Å². The number of esters is 1. The lowest BCUT2D eigenvalue weighted by atomic mass is 9.91. The average molecular weight is 296 g/mol. The van der Waals surface area contributed by atoms with Crippen molar-refractivity contribution in [1.82, 2.24) is 0 Å². The number of halogens is 1. The first-order valence-electron chi connectivity index (χ1n) is 6.97. The van der Waals surface area contributed by atoms with Gasteiger partial charge in [-0.1, -0.05) is 32.4 Å². The zero-order chi connectivity index (χ0) is 14.9. The van der Waals surface area contributed by atoms with Crippen molar-refractivity contribution < 1.29 is 9.53 Å². The minimum absolute atomic E-state index is 0.342. The Hall–Kier alpha value is -1.22. The quantitative estimate of drug-likeness (QED) is 0.842. The molecule has 0 spiro atoms. The van der Waals surface area contributed by atoms with Crippen LogP contribution in [-0.2, 0) is 4.74 Å². The number of rotatable bonds is 3. The second-order valence-electron chi connectivity index (χ2n) is 6.48. The number of ether oxygens (including phenoxy) is 1. The molecule has 1 saturated carbocycles. The van der Waals surface area contributed by atoms with Crippen molar-refractivity contribution in [1.29, 1.82) is 0 Å². The Morgan fingerprint density at radius 3 is 2.65 bits per heavy atom. The van der Waals surface area contributed by atoms with Gasteiger partial charge in [0.25, 0.3) is 0 Å². The Kier molecular flexibility index (Phi) is 4.28. The molecule has 0 bridgehead atoms. The van der Waals surface area contributed by atoms with E-state index in [9.17, 15) is 4.79 Å².